The lowest BCUT2D eigenvalue weighted by atomic mass is 10.2. The Balaban J connectivity index is 2.48. The average molecular weight is 266 g/mol. The number of carbonyl (C=O) groups is 3. The van der Waals surface area contributed by atoms with E-state index in [0.717, 1.165) is 0 Å². The van der Waals surface area contributed by atoms with Gasteiger partial charge >= 0.3 is 11.9 Å². The minimum absolute atomic E-state index is 0.000842. The van der Waals surface area contributed by atoms with Crippen LogP contribution in [-0.4, -0.2) is 41.1 Å². The average Bonchev–Trinajstić information content (AvgIpc) is 2.36. The van der Waals surface area contributed by atoms with Gasteiger partial charge in [-0.05, 0) is 24.3 Å². The van der Waals surface area contributed by atoms with Gasteiger partial charge in [0.1, 0.15) is 6.54 Å². The third-order valence-corrected chi connectivity index (χ3v) is 2.22. The van der Waals surface area contributed by atoms with E-state index < -0.39 is 24.4 Å². The van der Waals surface area contributed by atoms with Crippen molar-refractivity contribution >= 4 is 23.5 Å². The van der Waals surface area contributed by atoms with E-state index in [2.05, 4.69) is 10.6 Å². The van der Waals surface area contributed by atoms with Crippen molar-refractivity contribution in [2.75, 3.05) is 18.4 Å². The number of benzene rings is 1. The van der Waals surface area contributed by atoms with Crippen molar-refractivity contribution in [2.24, 2.45) is 0 Å². The van der Waals surface area contributed by atoms with Gasteiger partial charge in [0.05, 0.1) is 6.42 Å². The molecule has 1 rings (SSSR count). The fraction of sp³-hybridized carbons (Fsp3) is 0.250. The van der Waals surface area contributed by atoms with Crippen LogP contribution in [0.5, 0.6) is 0 Å². The molecule has 0 fully saturated rings. The van der Waals surface area contributed by atoms with Crippen molar-refractivity contribution in [2.45, 2.75) is 6.42 Å². The zero-order chi connectivity index (χ0) is 14.3. The maximum absolute atomic E-state index is 11.5. The van der Waals surface area contributed by atoms with Crippen LogP contribution in [0.1, 0.15) is 16.8 Å². The van der Waals surface area contributed by atoms with Crippen LogP contribution in [0, 0.1) is 0 Å². The highest BCUT2D eigenvalue weighted by Gasteiger charge is 2.06. The largest absolute Gasteiger partial charge is 0.481 e. The molecular formula is C12H14N2O5. The van der Waals surface area contributed by atoms with E-state index >= 15 is 0 Å². The highest BCUT2D eigenvalue weighted by atomic mass is 16.4. The molecular weight excluding hydrogens is 252 g/mol. The second-order valence-corrected chi connectivity index (χ2v) is 3.72. The second-order valence-electron chi connectivity index (χ2n) is 3.72. The molecule has 7 heteroatoms. The van der Waals surface area contributed by atoms with Crippen LogP contribution in [0.3, 0.4) is 0 Å². The fourth-order valence-corrected chi connectivity index (χ4v) is 1.31. The molecule has 0 spiro atoms. The Bertz CT molecular complexity index is 470. The highest BCUT2D eigenvalue weighted by Crippen LogP contribution is 2.09. The number of carbonyl (C=O) groups excluding carboxylic acids is 1. The summed E-state index contributed by atoms with van der Waals surface area (Å²) in [4.78, 5) is 32.1. The van der Waals surface area contributed by atoms with E-state index in [9.17, 15) is 14.4 Å². The molecule has 19 heavy (non-hydrogen) atoms. The van der Waals surface area contributed by atoms with Crippen molar-refractivity contribution in [3.63, 3.8) is 0 Å². The van der Waals surface area contributed by atoms with Gasteiger partial charge in [-0.25, -0.2) is 0 Å². The molecule has 0 saturated heterocycles. The quantitative estimate of drug-likeness (QED) is 0.567. The molecule has 1 aromatic carbocycles. The van der Waals surface area contributed by atoms with Crippen molar-refractivity contribution in [1.82, 2.24) is 5.32 Å². The molecule has 0 unspecified atom stereocenters. The summed E-state index contributed by atoms with van der Waals surface area (Å²) in [6.07, 6.45) is 0.000842. The van der Waals surface area contributed by atoms with Crippen molar-refractivity contribution < 1.29 is 24.6 Å². The highest BCUT2D eigenvalue weighted by molar-refractivity contribution is 5.96. The Kier molecular flexibility index (Phi) is 5.34. The van der Waals surface area contributed by atoms with E-state index in [0.29, 0.717) is 17.8 Å². The molecule has 0 atom stereocenters. The lowest BCUT2D eigenvalue weighted by molar-refractivity contribution is -0.137. The number of aliphatic carboxylic acids is 2. The number of carboxylic acid groups (broad SMARTS) is 2. The van der Waals surface area contributed by atoms with Crippen molar-refractivity contribution in [3.8, 4) is 0 Å². The molecule has 0 bridgehead atoms. The van der Waals surface area contributed by atoms with Crippen molar-refractivity contribution in [1.29, 1.82) is 0 Å². The second kappa shape index (κ2) is 7.00. The van der Waals surface area contributed by atoms with Gasteiger partial charge < -0.3 is 20.8 Å². The molecule has 7 nitrogen and oxygen atoms in total. The molecule has 102 valence electrons. The number of hydrogen-bond donors (Lipinski definition) is 4. The zero-order valence-electron chi connectivity index (χ0n) is 10.0. The number of anilines is 1. The Hall–Kier alpha value is -2.57. The van der Waals surface area contributed by atoms with Crippen LogP contribution >= 0.6 is 0 Å². The first-order chi connectivity index (χ1) is 8.99. The number of hydrogen-bond acceptors (Lipinski definition) is 4. The fourth-order valence-electron chi connectivity index (χ4n) is 1.31. The van der Waals surface area contributed by atoms with Gasteiger partial charge in [0, 0.05) is 17.8 Å². The minimum Gasteiger partial charge on any atom is -0.481 e. The van der Waals surface area contributed by atoms with Gasteiger partial charge in [-0.2, -0.15) is 0 Å². The van der Waals surface area contributed by atoms with Gasteiger partial charge in [0.25, 0.3) is 5.91 Å². The monoisotopic (exact) mass is 266 g/mol. The summed E-state index contributed by atoms with van der Waals surface area (Å²) in [5.74, 6) is -2.48. The molecule has 0 aliphatic carbocycles. The van der Waals surface area contributed by atoms with Gasteiger partial charge in [0.15, 0.2) is 0 Å². The molecule has 0 aliphatic rings. The van der Waals surface area contributed by atoms with E-state index in [4.69, 9.17) is 10.2 Å². The standard InChI is InChI=1S/C12H14N2O5/c15-10(16)5-6-13-9-3-1-8(2-4-9)12(19)14-7-11(17)18/h1-4,13H,5-7H2,(H,14,19)(H,15,16)(H,17,18). The lowest BCUT2D eigenvalue weighted by Crippen LogP contribution is -2.29. The third kappa shape index (κ3) is 5.53. The Morgan fingerprint density at radius 1 is 1.00 bits per heavy atom. The summed E-state index contributed by atoms with van der Waals surface area (Å²) < 4.78 is 0. The van der Waals surface area contributed by atoms with Gasteiger partial charge in [-0.3, -0.25) is 14.4 Å². The maximum atomic E-state index is 11.5. The Labute approximate surface area is 109 Å². The molecule has 0 aromatic heterocycles. The van der Waals surface area contributed by atoms with E-state index in [1.165, 1.54) is 12.1 Å². The van der Waals surface area contributed by atoms with Gasteiger partial charge in [-0.1, -0.05) is 0 Å². The lowest BCUT2D eigenvalue weighted by Gasteiger charge is -2.06. The first-order valence-electron chi connectivity index (χ1n) is 5.55. The molecule has 0 heterocycles. The first-order valence-corrected chi connectivity index (χ1v) is 5.55. The first kappa shape index (κ1) is 14.5. The van der Waals surface area contributed by atoms with Gasteiger partial charge in [-0.15, -0.1) is 0 Å². The summed E-state index contributed by atoms with van der Waals surface area (Å²) >= 11 is 0. The van der Waals surface area contributed by atoms with E-state index in [1.54, 1.807) is 12.1 Å². The topological polar surface area (TPSA) is 116 Å². The smallest absolute Gasteiger partial charge is 0.322 e. The predicted octanol–water partition coefficient (Wildman–Crippen LogP) is 0.388. The SMILES string of the molecule is O=C(O)CCNc1ccc(C(=O)NCC(=O)O)cc1. The number of nitrogens with one attached hydrogen (secondary N) is 2. The Morgan fingerprint density at radius 2 is 1.63 bits per heavy atom. The molecule has 0 saturated carbocycles. The number of rotatable bonds is 7. The van der Waals surface area contributed by atoms with Crippen LogP contribution in [0.15, 0.2) is 24.3 Å². The molecule has 0 aliphatic heterocycles. The van der Waals surface area contributed by atoms with Gasteiger partial charge in [0.2, 0.25) is 0 Å². The van der Waals surface area contributed by atoms with Crippen LogP contribution in [0.4, 0.5) is 5.69 Å². The van der Waals surface area contributed by atoms with Crippen LogP contribution in [0.2, 0.25) is 0 Å². The van der Waals surface area contributed by atoms with Crippen LogP contribution in [-0.2, 0) is 9.59 Å². The van der Waals surface area contributed by atoms with Crippen LogP contribution in [0.25, 0.3) is 0 Å². The molecule has 4 N–H and O–H groups in total. The summed E-state index contributed by atoms with van der Waals surface area (Å²) in [7, 11) is 0. The summed E-state index contributed by atoms with van der Waals surface area (Å²) in [5.41, 5.74) is 1.03. The number of amides is 1. The predicted molar refractivity (Wildman–Crippen MR) is 67.2 cm³/mol. The summed E-state index contributed by atoms with van der Waals surface area (Å²) in [5, 5.41) is 22.0. The minimum atomic E-state index is -1.11. The van der Waals surface area contributed by atoms with Crippen molar-refractivity contribution in [3.05, 3.63) is 29.8 Å². The maximum Gasteiger partial charge on any atom is 0.322 e. The molecule has 0 radical (unpaired) electrons. The normalized spacial score (nSPS) is 9.68. The van der Waals surface area contributed by atoms with Crippen LogP contribution < -0.4 is 10.6 Å². The Morgan fingerprint density at radius 3 is 2.16 bits per heavy atom. The molecule has 1 amide bonds. The number of carboxylic acids is 2. The molecule has 1 aromatic rings. The summed E-state index contributed by atoms with van der Waals surface area (Å²) in [6, 6.07) is 6.30. The van der Waals surface area contributed by atoms with E-state index in [-0.39, 0.29) is 6.42 Å². The zero-order valence-corrected chi connectivity index (χ0v) is 10.0. The van der Waals surface area contributed by atoms with E-state index in [1.807, 2.05) is 0 Å². The summed E-state index contributed by atoms with van der Waals surface area (Å²) in [6.45, 7) is -0.142. The third-order valence-electron chi connectivity index (χ3n) is 2.22.